The number of aromatic nitrogens is 1. The molecule has 1 aliphatic carbocycles. The van der Waals surface area contributed by atoms with Gasteiger partial charge in [0, 0.05) is 31.5 Å². The van der Waals surface area contributed by atoms with Crippen LogP contribution in [0.2, 0.25) is 0 Å². The number of rotatable bonds is 6. The van der Waals surface area contributed by atoms with Gasteiger partial charge in [0.05, 0.1) is 0 Å². The average Bonchev–Trinajstić information content (AvgIpc) is 2.48. The second-order valence-electron chi connectivity index (χ2n) is 6.29. The third-order valence-electron chi connectivity index (χ3n) is 4.79. The molecule has 3 atom stereocenters. The molecule has 1 fully saturated rings. The Labute approximate surface area is 123 Å². The van der Waals surface area contributed by atoms with E-state index in [2.05, 4.69) is 48.4 Å². The normalized spacial score (nSPS) is 26.9. The molecule has 1 aliphatic rings. The summed E-state index contributed by atoms with van der Waals surface area (Å²) in [6.07, 6.45) is 9.21. The van der Waals surface area contributed by atoms with Crippen LogP contribution in [0.5, 0.6) is 0 Å². The van der Waals surface area contributed by atoms with Crippen molar-refractivity contribution in [3.05, 3.63) is 30.1 Å². The predicted molar refractivity (Wildman–Crippen MR) is 84.5 cm³/mol. The lowest BCUT2D eigenvalue weighted by molar-refractivity contribution is 0.153. The van der Waals surface area contributed by atoms with Crippen molar-refractivity contribution >= 4 is 0 Å². The second kappa shape index (κ2) is 7.75. The van der Waals surface area contributed by atoms with Gasteiger partial charge in [0.25, 0.3) is 0 Å². The molecule has 0 bridgehead atoms. The average molecular weight is 275 g/mol. The van der Waals surface area contributed by atoms with Crippen molar-refractivity contribution in [3.8, 4) is 0 Å². The molecule has 112 valence electrons. The molecule has 0 amide bonds. The van der Waals surface area contributed by atoms with E-state index in [1.165, 1.54) is 37.8 Å². The van der Waals surface area contributed by atoms with Crippen molar-refractivity contribution in [1.29, 1.82) is 0 Å². The van der Waals surface area contributed by atoms with E-state index in [-0.39, 0.29) is 0 Å². The fourth-order valence-corrected chi connectivity index (χ4v) is 3.58. The Bertz CT molecular complexity index is 379. The zero-order chi connectivity index (χ0) is 14.4. The molecule has 3 nitrogen and oxygen atoms in total. The van der Waals surface area contributed by atoms with E-state index >= 15 is 0 Å². The number of nitrogens with zero attached hydrogens (tertiary/aromatic N) is 2. The van der Waals surface area contributed by atoms with Crippen molar-refractivity contribution < 1.29 is 0 Å². The molecule has 1 heterocycles. The Hall–Kier alpha value is -0.930. The van der Waals surface area contributed by atoms with Crippen LogP contribution in [-0.4, -0.2) is 36.6 Å². The van der Waals surface area contributed by atoms with Gasteiger partial charge in [-0.25, -0.2) is 0 Å². The highest BCUT2D eigenvalue weighted by molar-refractivity contribution is 5.09. The van der Waals surface area contributed by atoms with Crippen LogP contribution in [0.15, 0.2) is 24.5 Å². The topological polar surface area (TPSA) is 28.2 Å². The SMILES string of the molecule is CCC1CCC(NC)C(CN(C)Cc2ccncc2)C1. The molecule has 1 saturated carbocycles. The molecule has 0 radical (unpaired) electrons. The van der Waals surface area contributed by atoms with E-state index in [1.54, 1.807) is 0 Å². The number of nitrogens with one attached hydrogen (secondary N) is 1. The molecular formula is C17H29N3. The Morgan fingerprint density at radius 1 is 1.30 bits per heavy atom. The highest BCUT2D eigenvalue weighted by atomic mass is 15.1. The number of hydrogen-bond acceptors (Lipinski definition) is 3. The first kappa shape index (κ1) is 15.5. The Morgan fingerprint density at radius 3 is 2.70 bits per heavy atom. The standard InChI is InChI=1S/C17H29N3/c1-4-14-5-6-17(18-2)16(11-14)13-20(3)12-15-7-9-19-10-8-15/h7-10,14,16-18H,4-6,11-13H2,1-3H3. The van der Waals surface area contributed by atoms with Crippen molar-refractivity contribution in [1.82, 2.24) is 15.2 Å². The molecule has 2 rings (SSSR count). The van der Waals surface area contributed by atoms with Crippen LogP contribution < -0.4 is 5.32 Å². The molecule has 0 spiro atoms. The Kier molecular flexibility index (Phi) is 5.99. The Morgan fingerprint density at radius 2 is 2.05 bits per heavy atom. The van der Waals surface area contributed by atoms with E-state index in [0.717, 1.165) is 18.4 Å². The van der Waals surface area contributed by atoms with Gasteiger partial charge in [-0.3, -0.25) is 4.98 Å². The number of pyridine rings is 1. The van der Waals surface area contributed by atoms with Crippen LogP contribution in [0.25, 0.3) is 0 Å². The summed E-state index contributed by atoms with van der Waals surface area (Å²) in [4.78, 5) is 6.55. The van der Waals surface area contributed by atoms with E-state index in [0.29, 0.717) is 6.04 Å². The summed E-state index contributed by atoms with van der Waals surface area (Å²) in [5.74, 6) is 1.71. The molecule has 3 unspecified atom stereocenters. The van der Waals surface area contributed by atoms with Crippen LogP contribution in [-0.2, 0) is 6.54 Å². The zero-order valence-corrected chi connectivity index (χ0v) is 13.2. The lowest BCUT2D eigenvalue weighted by atomic mass is 9.76. The molecule has 0 aliphatic heterocycles. The first-order valence-electron chi connectivity index (χ1n) is 7.97. The second-order valence-corrected chi connectivity index (χ2v) is 6.29. The first-order chi connectivity index (χ1) is 9.72. The Balaban J connectivity index is 1.89. The fourth-order valence-electron chi connectivity index (χ4n) is 3.58. The van der Waals surface area contributed by atoms with E-state index < -0.39 is 0 Å². The number of hydrogen-bond donors (Lipinski definition) is 1. The summed E-state index contributed by atoms with van der Waals surface area (Å²) >= 11 is 0. The van der Waals surface area contributed by atoms with Crippen molar-refractivity contribution in [3.63, 3.8) is 0 Å². The smallest absolute Gasteiger partial charge is 0.0271 e. The van der Waals surface area contributed by atoms with Crippen LogP contribution >= 0.6 is 0 Å². The van der Waals surface area contributed by atoms with Crippen molar-refractivity contribution in [2.24, 2.45) is 11.8 Å². The quantitative estimate of drug-likeness (QED) is 0.865. The van der Waals surface area contributed by atoms with E-state index in [9.17, 15) is 0 Å². The van der Waals surface area contributed by atoms with Crippen LogP contribution in [0.1, 0.15) is 38.2 Å². The summed E-state index contributed by atoms with van der Waals surface area (Å²) in [6.45, 7) is 4.54. The molecule has 3 heteroatoms. The van der Waals surface area contributed by atoms with Gasteiger partial charge in [-0.1, -0.05) is 13.3 Å². The van der Waals surface area contributed by atoms with Crippen LogP contribution in [0.4, 0.5) is 0 Å². The minimum Gasteiger partial charge on any atom is -0.317 e. The van der Waals surface area contributed by atoms with E-state index in [4.69, 9.17) is 0 Å². The van der Waals surface area contributed by atoms with E-state index in [1.807, 2.05) is 12.4 Å². The maximum atomic E-state index is 4.09. The molecule has 0 saturated heterocycles. The molecule has 0 aromatic carbocycles. The van der Waals surface area contributed by atoms with Crippen molar-refractivity contribution in [2.45, 2.75) is 45.2 Å². The molecular weight excluding hydrogens is 246 g/mol. The van der Waals surface area contributed by atoms with Gasteiger partial charge in [-0.2, -0.15) is 0 Å². The maximum absolute atomic E-state index is 4.09. The fraction of sp³-hybridized carbons (Fsp3) is 0.706. The minimum atomic E-state index is 0.692. The van der Waals surface area contributed by atoms with Crippen LogP contribution in [0.3, 0.4) is 0 Å². The van der Waals surface area contributed by atoms with Gasteiger partial charge in [-0.05, 0) is 62.9 Å². The van der Waals surface area contributed by atoms with Gasteiger partial charge in [0.15, 0.2) is 0 Å². The lowest BCUT2D eigenvalue weighted by Crippen LogP contribution is -2.43. The third kappa shape index (κ3) is 4.29. The summed E-state index contributed by atoms with van der Waals surface area (Å²) in [7, 11) is 4.36. The molecule has 1 N–H and O–H groups in total. The largest absolute Gasteiger partial charge is 0.317 e. The summed E-state index contributed by atoms with van der Waals surface area (Å²) in [5.41, 5.74) is 1.35. The molecule has 20 heavy (non-hydrogen) atoms. The van der Waals surface area contributed by atoms with Gasteiger partial charge in [-0.15, -0.1) is 0 Å². The minimum absolute atomic E-state index is 0.692. The van der Waals surface area contributed by atoms with Gasteiger partial charge in [0.1, 0.15) is 0 Å². The highest BCUT2D eigenvalue weighted by Gasteiger charge is 2.29. The molecule has 1 aromatic rings. The van der Waals surface area contributed by atoms with Crippen LogP contribution in [0, 0.1) is 11.8 Å². The first-order valence-corrected chi connectivity index (χ1v) is 7.97. The van der Waals surface area contributed by atoms with Gasteiger partial charge < -0.3 is 10.2 Å². The molecule has 1 aromatic heterocycles. The van der Waals surface area contributed by atoms with Gasteiger partial charge >= 0.3 is 0 Å². The zero-order valence-electron chi connectivity index (χ0n) is 13.2. The predicted octanol–water partition coefficient (Wildman–Crippen LogP) is 2.93. The lowest BCUT2D eigenvalue weighted by Gasteiger charge is -2.38. The third-order valence-corrected chi connectivity index (χ3v) is 4.79. The monoisotopic (exact) mass is 275 g/mol. The summed E-state index contributed by atoms with van der Waals surface area (Å²) in [5, 5.41) is 3.53. The summed E-state index contributed by atoms with van der Waals surface area (Å²) < 4.78 is 0. The van der Waals surface area contributed by atoms with Gasteiger partial charge in [0.2, 0.25) is 0 Å². The maximum Gasteiger partial charge on any atom is 0.0271 e. The summed E-state index contributed by atoms with van der Waals surface area (Å²) in [6, 6.07) is 4.92. The highest BCUT2D eigenvalue weighted by Crippen LogP contribution is 2.31. The van der Waals surface area contributed by atoms with Crippen molar-refractivity contribution in [2.75, 3.05) is 20.6 Å².